The van der Waals surface area contributed by atoms with E-state index in [9.17, 15) is 19.8 Å². The summed E-state index contributed by atoms with van der Waals surface area (Å²) in [5.41, 5.74) is 1.44. The van der Waals surface area contributed by atoms with Crippen LogP contribution in [-0.2, 0) is 19.1 Å². The molecule has 34 heavy (non-hydrogen) atoms. The third kappa shape index (κ3) is 3.06. The molecule has 1 aromatic rings. The zero-order valence-corrected chi connectivity index (χ0v) is 20.7. The van der Waals surface area contributed by atoms with Gasteiger partial charge in [0.2, 0.25) is 0 Å². The number of allylic oxidation sites excluding steroid dienone is 1. The average molecular weight is 473 g/mol. The van der Waals surface area contributed by atoms with Crippen LogP contribution in [0.4, 0.5) is 0 Å². The quantitative estimate of drug-likeness (QED) is 0.507. The largest absolute Gasteiger partial charge is 0.472 e. The van der Waals surface area contributed by atoms with Gasteiger partial charge in [-0.1, -0.05) is 38.8 Å². The van der Waals surface area contributed by atoms with Gasteiger partial charge in [-0.05, 0) is 42.6 Å². The number of hydrogen-bond acceptors (Lipinski definition) is 7. The maximum atomic E-state index is 13.9. The Balaban J connectivity index is 1.66. The van der Waals surface area contributed by atoms with Gasteiger partial charge in [-0.25, -0.2) is 0 Å². The highest BCUT2D eigenvalue weighted by Crippen LogP contribution is 2.67. The number of carbonyl (C=O) groups excluding carboxylic acids is 2. The second kappa shape index (κ2) is 7.77. The van der Waals surface area contributed by atoms with Crippen molar-refractivity contribution in [3.63, 3.8) is 0 Å². The van der Waals surface area contributed by atoms with Crippen molar-refractivity contribution in [2.24, 2.45) is 34.0 Å². The highest BCUT2D eigenvalue weighted by Gasteiger charge is 2.67. The molecule has 186 valence electrons. The number of ketones is 1. The van der Waals surface area contributed by atoms with Gasteiger partial charge in [0.05, 0.1) is 31.8 Å². The minimum atomic E-state index is -0.952. The Kier molecular flexibility index (Phi) is 5.43. The average Bonchev–Trinajstić information content (AvgIpc) is 3.32. The number of fused-ring (bicyclic) bond motifs is 5. The zero-order chi connectivity index (χ0) is 24.6. The number of aliphatic hydroxyl groups is 2. The number of carbonyl (C=O) groups is 2. The number of ether oxygens (including phenoxy) is 2. The van der Waals surface area contributed by atoms with E-state index in [1.807, 2.05) is 26.8 Å². The maximum absolute atomic E-state index is 13.9. The number of rotatable bonds is 3. The fourth-order valence-corrected chi connectivity index (χ4v) is 8.12. The molecule has 1 aromatic heterocycles. The number of aliphatic hydroxyl groups excluding tert-OH is 2. The first-order chi connectivity index (χ1) is 16.0. The lowest BCUT2D eigenvalue weighted by atomic mass is 9.40. The Hall–Kier alpha value is -1.96. The summed E-state index contributed by atoms with van der Waals surface area (Å²) in [6.45, 7) is 8.12. The lowest BCUT2D eigenvalue weighted by molar-refractivity contribution is -0.201. The third-order valence-electron chi connectivity index (χ3n) is 9.94. The molecule has 8 atom stereocenters. The van der Waals surface area contributed by atoms with E-state index in [1.165, 1.54) is 12.7 Å². The first-order valence-corrected chi connectivity index (χ1v) is 12.3. The van der Waals surface area contributed by atoms with Gasteiger partial charge in [0.15, 0.2) is 6.29 Å². The lowest BCUT2D eigenvalue weighted by Crippen LogP contribution is -2.66. The van der Waals surface area contributed by atoms with E-state index in [0.29, 0.717) is 12.8 Å². The first-order valence-electron chi connectivity index (χ1n) is 12.3. The molecule has 2 heterocycles. The standard InChI is InChI=1S/C27H36O7/c1-25(2)19(12-20(28)32-5)27(4)17-6-8-26(3)18(15(17)10-16(22(25)30)23(27)31)11-21(29)34-24(26)14-7-9-33-13-14/h7,9,13,16-17,19,21-22,24,29-30H,6,8,10-12H2,1-5H3/t16-,17?,19-,21?,22-,24-,26+,27?/m0/s1. The topological polar surface area (TPSA) is 106 Å². The van der Waals surface area contributed by atoms with Crippen molar-refractivity contribution in [1.29, 1.82) is 0 Å². The predicted octanol–water partition coefficient (Wildman–Crippen LogP) is 3.95. The second-order valence-electron chi connectivity index (χ2n) is 11.8. The van der Waals surface area contributed by atoms with Gasteiger partial charge in [-0.2, -0.15) is 0 Å². The molecule has 2 saturated carbocycles. The van der Waals surface area contributed by atoms with E-state index in [4.69, 9.17) is 13.9 Å². The SMILES string of the molecule is COC(=O)C[C@@H]1C2(C)C(=O)[C@@H](CC3=C4CC(O)O[C@@H](c5ccoc5)[C@]4(C)CCC32)[C@H](O)C1(C)C. The molecule has 1 saturated heterocycles. The summed E-state index contributed by atoms with van der Waals surface area (Å²) < 4.78 is 16.4. The van der Waals surface area contributed by atoms with E-state index >= 15 is 0 Å². The monoisotopic (exact) mass is 472 g/mol. The first kappa shape index (κ1) is 23.8. The van der Waals surface area contributed by atoms with Gasteiger partial charge in [0.1, 0.15) is 5.78 Å². The van der Waals surface area contributed by atoms with Crippen LogP contribution < -0.4 is 0 Å². The smallest absolute Gasteiger partial charge is 0.305 e. The summed E-state index contributed by atoms with van der Waals surface area (Å²) in [5, 5.41) is 22.1. The molecule has 3 aliphatic carbocycles. The Morgan fingerprint density at radius 2 is 1.94 bits per heavy atom. The van der Waals surface area contributed by atoms with E-state index < -0.39 is 29.1 Å². The van der Waals surface area contributed by atoms with Gasteiger partial charge in [0.25, 0.3) is 0 Å². The molecule has 4 aliphatic rings. The van der Waals surface area contributed by atoms with Crippen molar-refractivity contribution in [2.75, 3.05) is 7.11 Å². The fourth-order valence-electron chi connectivity index (χ4n) is 8.12. The van der Waals surface area contributed by atoms with Crippen molar-refractivity contribution < 1.29 is 33.7 Å². The molecule has 2 N–H and O–H groups in total. The molecule has 5 rings (SSSR count). The Morgan fingerprint density at radius 3 is 2.59 bits per heavy atom. The van der Waals surface area contributed by atoms with Crippen LogP contribution in [0.25, 0.3) is 0 Å². The number of furan rings is 1. The molecule has 0 radical (unpaired) electrons. The highest BCUT2D eigenvalue weighted by molar-refractivity contribution is 5.92. The van der Waals surface area contributed by atoms with Crippen LogP contribution in [0.3, 0.4) is 0 Å². The van der Waals surface area contributed by atoms with Gasteiger partial charge >= 0.3 is 5.97 Å². The van der Waals surface area contributed by atoms with Crippen molar-refractivity contribution in [2.45, 2.75) is 78.3 Å². The molecule has 7 heteroatoms. The molecule has 3 unspecified atom stereocenters. The van der Waals surface area contributed by atoms with Crippen LogP contribution in [0, 0.1) is 34.0 Å². The second-order valence-corrected chi connectivity index (χ2v) is 11.8. The van der Waals surface area contributed by atoms with Crippen molar-refractivity contribution in [3.8, 4) is 0 Å². The summed E-state index contributed by atoms with van der Waals surface area (Å²) in [7, 11) is 1.36. The van der Waals surface area contributed by atoms with Gasteiger partial charge in [-0.15, -0.1) is 0 Å². The zero-order valence-electron chi connectivity index (χ0n) is 20.7. The summed E-state index contributed by atoms with van der Waals surface area (Å²) in [6, 6.07) is 1.88. The molecule has 7 nitrogen and oxygen atoms in total. The van der Waals surface area contributed by atoms with E-state index in [1.54, 1.807) is 12.5 Å². The number of methoxy groups -OCH3 is 1. The van der Waals surface area contributed by atoms with Crippen molar-refractivity contribution >= 4 is 11.8 Å². The molecule has 0 aromatic carbocycles. The molecule has 0 spiro atoms. The van der Waals surface area contributed by atoms with E-state index in [-0.39, 0.29) is 41.5 Å². The van der Waals surface area contributed by atoms with Gasteiger partial charge in [-0.3, -0.25) is 9.59 Å². The Morgan fingerprint density at radius 1 is 1.21 bits per heavy atom. The molecule has 0 amide bonds. The Labute approximate surface area is 200 Å². The number of Topliss-reactive ketones (excluding diaryl/α,β-unsaturated/α-hetero) is 1. The van der Waals surface area contributed by atoms with Gasteiger partial charge in [0, 0.05) is 35.2 Å². The van der Waals surface area contributed by atoms with E-state index in [0.717, 1.165) is 24.0 Å². The van der Waals surface area contributed by atoms with Crippen LogP contribution in [0.2, 0.25) is 0 Å². The van der Waals surface area contributed by atoms with Crippen LogP contribution in [-0.4, -0.2) is 41.5 Å². The third-order valence-corrected chi connectivity index (χ3v) is 9.94. The summed E-state index contributed by atoms with van der Waals surface area (Å²) in [6.07, 6.45) is 3.66. The van der Waals surface area contributed by atoms with E-state index in [2.05, 4.69) is 6.92 Å². The van der Waals surface area contributed by atoms with Crippen LogP contribution in [0.15, 0.2) is 34.2 Å². The molecule has 2 bridgehead atoms. The summed E-state index contributed by atoms with van der Waals surface area (Å²) in [4.78, 5) is 26.4. The highest BCUT2D eigenvalue weighted by atomic mass is 16.6. The molecule has 1 aliphatic heterocycles. The summed E-state index contributed by atoms with van der Waals surface area (Å²) in [5.74, 6) is -1.23. The molecule has 3 fully saturated rings. The molecular formula is C27H36O7. The lowest BCUT2D eigenvalue weighted by Gasteiger charge is -2.63. The summed E-state index contributed by atoms with van der Waals surface area (Å²) >= 11 is 0. The minimum absolute atomic E-state index is 0.0453. The normalized spacial score (nSPS) is 43.2. The number of esters is 1. The predicted molar refractivity (Wildman–Crippen MR) is 122 cm³/mol. The minimum Gasteiger partial charge on any atom is -0.472 e. The van der Waals surface area contributed by atoms with Gasteiger partial charge < -0.3 is 24.1 Å². The fraction of sp³-hybridized carbons (Fsp3) is 0.704. The van der Waals surface area contributed by atoms with Crippen LogP contribution in [0.5, 0.6) is 0 Å². The Bertz CT molecular complexity index is 1020. The maximum Gasteiger partial charge on any atom is 0.305 e. The number of hydrogen-bond donors (Lipinski definition) is 2. The van der Waals surface area contributed by atoms with Crippen LogP contribution >= 0.6 is 0 Å². The van der Waals surface area contributed by atoms with Crippen LogP contribution in [0.1, 0.15) is 71.5 Å². The molecular weight excluding hydrogens is 436 g/mol. The van der Waals surface area contributed by atoms with Crippen molar-refractivity contribution in [3.05, 3.63) is 35.3 Å². The van der Waals surface area contributed by atoms with Crippen molar-refractivity contribution in [1.82, 2.24) is 0 Å².